The van der Waals surface area contributed by atoms with Gasteiger partial charge in [0.1, 0.15) is 6.04 Å². The number of amides is 2. The van der Waals surface area contributed by atoms with E-state index in [4.69, 9.17) is 22.1 Å². The minimum atomic E-state index is -0.808. The molecule has 1 aromatic carbocycles. The smallest absolute Gasteiger partial charge is 0.253 e. The molecule has 0 aliphatic rings. The Morgan fingerprint density at radius 1 is 1.43 bits per heavy atom. The molecular formula is C13H19Cl2N3O3. The van der Waals surface area contributed by atoms with Crippen molar-refractivity contribution in [1.29, 1.82) is 0 Å². The molecule has 4 N–H and O–H groups in total. The van der Waals surface area contributed by atoms with Crippen molar-refractivity contribution in [3.63, 3.8) is 0 Å². The number of carbonyl (C=O) groups is 2. The molecule has 8 heteroatoms. The molecule has 0 heterocycles. The maximum atomic E-state index is 11.9. The number of ether oxygens (including phenoxy) is 1. The number of hydrogen-bond acceptors (Lipinski definition) is 4. The van der Waals surface area contributed by atoms with Gasteiger partial charge in [-0.2, -0.15) is 0 Å². The highest BCUT2D eigenvalue weighted by Gasteiger charge is 2.17. The molecule has 1 atom stereocenters. The van der Waals surface area contributed by atoms with Crippen molar-refractivity contribution in [2.75, 3.05) is 25.6 Å². The second-order valence-electron chi connectivity index (χ2n) is 4.10. The minimum Gasteiger partial charge on any atom is -0.383 e. The molecule has 0 radical (unpaired) electrons. The molecule has 0 spiro atoms. The molecule has 0 fully saturated rings. The summed E-state index contributed by atoms with van der Waals surface area (Å²) in [5, 5.41) is 5.66. The van der Waals surface area contributed by atoms with E-state index in [0.29, 0.717) is 17.3 Å². The molecule has 0 aliphatic heterocycles. The Hall–Kier alpha value is -1.34. The molecule has 118 valence electrons. The number of anilines is 1. The Balaban J connectivity index is 0.00000400. The second-order valence-corrected chi connectivity index (χ2v) is 4.54. The Bertz CT molecular complexity index is 498. The van der Waals surface area contributed by atoms with Crippen LogP contribution in [0.5, 0.6) is 0 Å². The van der Waals surface area contributed by atoms with Gasteiger partial charge in [0.15, 0.2) is 0 Å². The van der Waals surface area contributed by atoms with Crippen LogP contribution in [-0.2, 0) is 9.53 Å². The van der Waals surface area contributed by atoms with E-state index < -0.39 is 11.9 Å². The zero-order valence-corrected chi connectivity index (χ0v) is 13.4. The van der Waals surface area contributed by atoms with E-state index in [1.54, 1.807) is 19.1 Å². The Labute approximate surface area is 134 Å². The predicted octanol–water partition coefficient (Wildman–Crippen LogP) is 1.42. The minimum absolute atomic E-state index is 0. The molecule has 0 aliphatic carbocycles. The van der Waals surface area contributed by atoms with Crippen LogP contribution in [0.3, 0.4) is 0 Å². The van der Waals surface area contributed by atoms with Crippen molar-refractivity contribution in [3.05, 3.63) is 28.8 Å². The predicted molar refractivity (Wildman–Crippen MR) is 85.2 cm³/mol. The van der Waals surface area contributed by atoms with Gasteiger partial charge in [-0.1, -0.05) is 11.6 Å². The summed E-state index contributed by atoms with van der Waals surface area (Å²) in [6.07, 6.45) is 0. The lowest BCUT2D eigenvalue weighted by atomic mass is 10.1. The third kappa shape index (κ3) is 5.89. The van der Waals surface area contributed by atoms with Gasteiger partial charge in [0, 0.05) is 18.7 Å². The van der Waals surface area contributed by atoms with Crippen LogP contribution < -0.4 is 16.4 Å². The van der Waals surface area contributed by atoms with E-state index in [1.165, 1.54) is 13.2 Å². The average Bonchev–Trinajstić information content (AvgIpc) is 2.41. The summed E-state index contributed by atoms with van der Waals surface area (Å²) in [5.41, 5.74) is 6.27. The highest BCUT2D eigenvalue weighted by Crippen LogP contribution is 2.21. The number of methoxy groups -OCH3 is 1. The number of carbonyl (C=O) groups excluding carboxylic acids is 2. The average molecular weight is 336 g/mol. The van der Waals surface area contributed by atoms with Gasteiger partial charge >= 0.3 is 0 Å². The molecule has 0 saturated heterocycles. The number of nitrogens with two attached hydrogens (primary N) is 1. The Kier molecular flexibility index (Phi) is 8.96. The monoisotopic (exact) mass is 335 g/mol. The quantitative estimate of drug-likeness (QED) is 0.732. The molecular weight excluding hydrogens is 317 g/mol. The van der Waals surface area contributed by atoms with Gasteiger partial charge in [-0.15, -0.1) is 12.4 Å². The third-order valence-corrected chi connectivity index (χ3v) is 2.74. The summed E-state index contributed by atoms with van der Waals surface area (Å²) in [6, 6.07) is 3.83. The van der Waals surface area contributed by atoms with Gasteiger partial charge in [0.2, 0.25) is 5.91 Å². The van der Waals surface area contributed by atoms with Crippen molar-refractivity contribution >= 4 is 41.5 Å². The van der Waals surface area contributed by atoms with Gasteiger partial charge in [-0.3, -0.25) is 9.59 Å². The van der Waals surface area contributed by atoms with Gasteiger partial charge in [0.25, 0.3) is 5.91 Å². The molecule has 0 saturated carbocycles. The Morgan fingerprint density at radius 2 is 2.10 bits per heavy atom. The van der Waals surface area contributed by atoms with Gasteiger partial charge < -0.3 is 21.1 Å². The van der Waals surface area contributed by atoms with Crippen molar-refractivity contribution in [1.82, 2.24) is 5.32 Å². The van der Waals surface area contributed by atoms with Crippen molar-refractivity contribution in [2.24, 2.45) is 5.73 Å². The fourth-order valence-corrected chi connectivity index (χ4v) is 1.72. The summed E-state index contributed by atoms with van der Waals surface area (Å²) >= 11 is 5.87. The Morgan fingerprint density at radius 3 is 2.67 bits per heavy atom. The first kappa shape index (κ1) is 19.7. The summed E-state index contributed by atoms with van der Waals surface area (Å²) in [5.74, 6) is -0.745. The lowest BCUT2D eigenvalue weighted by molar-refractivity contribution is -0.118. The summed E-state index contributed by atoms with van der Waals surface area (Å²) < 4.78 is 4.81. The molecule has 1 unspecified atom stereocenters. The summed E-state index contributed by atoms with van der Waals surface area (Å²) in [4.78, 5) is 23.8. The normalized spacial score (nSPS) is 11.2. The van der Waals surface area contributed by atoms with Gasteiger partial charge in [-0.05, 0) is 25.1 Å². The maximum absolute atomic E-state index is 11.9. The number of hydrogen-bond donors (Lipinski definition) is 3. The molecule has 1 aromatic rings. The molecule has 0 bridgehead atoms. The highest BCUT2D eigenvalue weighted by molar-refractivity contribution is 6.31. The molecule has 21 heavy (non-hydrogen) atoms. The molecule has 2 amide bonds. The third-order valence-electron chi connectivity index (χ3n) is 2.50. The lowest BCUT2D eigenvalue weighted by Crippen LogP contribution is -2.39. The van der Waals surface area contributed by atoms with Crippen molar-refractivity contribution in [3.8, 4) is 0 Å². The number of rotatable bonds is 6. The lowest BCUT2D eigenvalue weighted by Gasteiger charge is -2.14. The van der Waals surface area contributed by atoms with E-state index in [0.717, 1.165) is 0 Å². The molecule has 0 aromatic heterocycles. The van der Waals surface area contributed by atoms with Crippen LogP contribution in [-0.4, -0.2) is 38.1 Å². The highest BCUT2D eigenvalue weighted by atomic mass is 35.5. The first-order valence-electron chi connectivity index (χ1n) is 6.12. The van der Waals surface area contributed by atoms with Crippen molar-refractivity contribution in [2.45, 2.75) is 13.0 Å². The van der Waals surface area contributed by atoms with Crippen LogP contribution in [0.2, 0.25) is 5.02 Å². The van der Waals surface area contributed by atoms with Crippen LogP contribution in [0.4, 0.5) is 5.69 Å². The van der Waals surface area contributed by atoms with Crippen LogP contribution in [0.25, 0.3) is 0 Å². The largest absolute Gasteiger partial charge is 0.383 e. The fraction of sp³-hybridized carbons (Fsp3) is 0.385. The fourth-order valence-electron chi connectivity index (χ4n) is 1.55. The first-order chi connectivity index (χ1) is 9.49. The molecule has 6 nitrogen and oxygen atoms in total. The number of nitrogens with one attached hydrogen (secondary N) is 2. The van der Waals surface area contributed by atoms with Crippen molar-refractivity contribution < 1.29 is 14.3 Å². The summed E-state index contributed by atoms with van der Waals surface area (Å²) in [7, 11) is 1.45. The van der Waals surface area contributed by atoms with E-state index >= 15 is 0 Å². The van der Waals surface area contributed by atoms with Crippen LogP contribution in [0.1, 0.15) is 17.3 Å². The zero-order valence-electron chi connectivity index (χ0n) is 11.8. The van der Waals surface area contributed by atoms with Crippen LogP contribution >= 0.6 is 24.0 Å². The second kappa shape index (κ2) is 9.57. The zero-order chi connectivity index (χ0) is 15.1. The van der Waals surface area contributed by atoms with E-state index in [9.17, 15) is 9.59 Å². The SMILES string of the molecule is CCNC(=O)c1cc(Cl)ccc1NC(=O)C(N)COC.Cl. The molecule has 1 rings (SSSR count). The van der Waals surface area contributed by atoms with E-state index in [2.05, 4.69) is 10.6 Å². The van der Waals surface area contributed by atoms with Gasteiger partial charge in [-0.25, -0.2) is 0 Å². The van der Waals surface area contributed by atoms with Crippen LogP contribution in [0.15, 0.2) is 18.2 Å². The van der Waals surface area contributed by atoms with E-state index in [-0.39, 0.29) is 30.5 Å². The summed E-state index contributed by atoms with van der Waals surface area (Å²) in [6.45, 7) is 2.37. The van der Waals surface area contributed by atoms with E-state index in [1.807, 2.05) is 0 Å². The topological polar surface area (TPSA) is 93.5 Å². The number of halogens is 2. The van der Waals surface area contributed by atoms with Crippen LogP contribution in [0, 0.1) is 0 Å². The standard InChI is InChI=1S/C13H18ClN3O3.ClH/c1-3-16-12(18)9-6-8(14)4-5-11(9)17-13(19)10(15)7-20-2;/h4-6,10H,3,7,15H2,1-2H3,(H,16,18)(H,17,19);1H. The van der Waals surface area contributed by atoms with Gasteiger partial charge in [0.05, 0.1) is 17.9 Å². The first-order valence-corrected chi connectivity index (χ1v) is 6.50. The number of benzene rings is 1. The maximum Gasteiger partial charge on any atom is 0.253 e.